The predicted molar refractivity (Wildman–Crippen MR) is 105 cm³/mol. The second kappa shape index (κ2) is 6.76. The molecule has 0 saturated heterocycles. The van der Waals surface area contributed by atoms with Crippen molar-refractivity contribution < 1.29 is 4.79 Å². The Balaban J connectivity index is 2.67. The van der Waals surface area contributed by atoms with Crippen LogP contribution in [0.5, 0.6) is 0 Å². The van der Waals surface area contributed by atoms with E-state index in [0.717, 1.165) is 22.3 Å². The number of carbonyl (C=O) groups excluding carboxylic acids is 1. The first-order valence-electron chi connectivity index (χ1n) is 8.43. The van der Waals surface area contributed by atoms with Crippen LogP contribution in [-0.2, 0) is 15.6 Å². The maximum atomic E-state index is 11.9. The number of thiol groups is 1. The van der Waals surface area contributed by atoms with Gasteiger partial charge >= 0.3 is 0 Å². The van der Waals surface area contributed by atoms with Crippen molar-refractivity contribution in [3.63, 3.8) is 0 Å². The molecule has 1 atom stereocenters. The molecule has 0 aliphatic heterocycles. The van der Waals surface area contributed by atoms with Crippen LogP contribution in [0.2, 0.25) is 0 Å². The minimum Gasteiger partial charge on any atom is -0.302 e. The number of hydrogen-bond donors (Lipinski definition) is 1. The Morgan fingerprint density at radius 3 is 1.79 bits per heavy atom. The Morgan fingerprint density at radius 2 is 1.38 bits per heavy atom. The summed E-state index contributed by atoms with van der Waals surface area (Å²) < 4.78 is 0. The smallest absolute Gasteiger partial charge is 0.131 e. The van der Waals surface area contributed by atoms with Crippen LogP contribution in [-0.4, -0.2) is 6.29 Å². The van der Waals surface area contributed by atoms with Gasteiger partial charge in [-0.05, 0) is 39.2 Å². The van der Waals surface area contributed by atoms with Gasteiger partial charge in [0.05, 0.1) is 5.92 Å². The van der Waals surface area contributed by atoms with Crippen molar-refractivity contribution in [2.45, 2.75) is 63.2 Å². The van der Waals surface area contributed by atoms with Gasteiger partial charge in [-0.2, -0.15) is 0 Å². The Hall–Kier alpha value is -1.54. The third-order valence-corrected chi connectivity index (χ3v) is 4.86. The summed E-state index contributed by atoms with van der Waals surface area (Å²) >= 11 is 4.55. The van der Waals surface area contributed by atoms with Gasteiger partial charge in [0, 0.05) is 4.90 Å². The van der Waals surface area contributed by atoms with Crippen molar-refractivity contribution in [1.82, 2.24) is 0 Å². The average Bonchev–Trinajstić information content (AvgIpc) is 2.48. The van der Waals surface area contributed by atoms with E-state index in [1.165, 1.54) is 11.1 Å². The third-order valence-electron chi connectivity index (χ3n) is 4.45. The molecule has 1 nitrogen and oxygen atoms in total. The van der Waals surface area contributed by atoms with Gasteiger partial charge < -0.3 is 4.79 Å². The quantitative estimate of drug-likeness (QED) is 0.543. The zero-order chi connectivity index (χ0) is 18.1. The molecule has 0 N–H and O–H groups in total. The van der Waals surface area contributed by atoms with E-state index in [1.54, 1.807) is 0 Å². The molecule has 2 aromatic carbocycles. The fourth-order valence-electron chi connectivity index (χ4n) is 2.78. The highest BCUT2D eigenvalue weighted by atomic mass is 32.1. The van der Waals surface area contributed by atoms with Crippen LogP contribution in [0, 0.1) is 0 Å². The van der Waals surface area contributed by atoms with E-state index in [9.17, 15) is 4.79 Å². The monoisotopic (exact) mass is 340 g/mol. The lowest BCUT2D eigenvalue weighted by Gasteiger charge is -2.27. The minimum atomic E-state index is -0.290. The molecular weight excluding hydrogens is 312 g/mol. The Labute approximate surface area is 151 Å². The highest BCUT2D eigenvalue weighted by Crippen LogP contribution is 2.35. The highest BCUT2D eigenvalue weighted by Gasteiger charge is 2.24. The van der Waals surface area contributed by atoms with E-state index in [4.69, 9.17) is 0 Å². The van der Waals surface area contributed by atoms with Gasteiger partial charge in [0.2, 0.25) is 0 Å². The van der Waals surface area contributed by atoms with E-state index < -0.39 is 0 Å². The van der Waals surface area contributed by atoms with E-state index in [0.29, 0.717) is 0 Å². The molecule has 128 valence electrons. The number of carbonyl (C=O) groups is 1. The summed E-state index contributed by atoms with van der Waals surface area (Å²) in [6, 6.07) is 14.5. The minimum absolute atomic E-state index is 0.0317. The standard InChI is InChI=1S/C22H28OS/c1-21(2,3)16-11-15(12-17(13-16)22(4,5)6)19(14-23)18-9-7-8-10-20(18)24/h7-14,19,24H,1-6H3. The zero-order valence-corrected chi connectivity index (χ0v) is 16.4. The summed E-state index contributed by atoms with van der Waals surface area (Å²) in [5, 5.41) is 0. The van der Waals surface area contributed by atoms with Crippen LogP contribution in [0.3, 0.4) is 0 Å². The lowest BCUT2D eigenvalue weighted by molar-refractivity contribution is -0.108. The molecule has 2 aromatic rings. The van der Waals surface area contributed by atoms with Crippen molar-refractivity contribution in [3.8, 4) is 0 Å². The van der Waals surface area contributed by atoms with Crippen LogP contribution >= 0.6 is 12.6 Å². The van der Waals surface area contributed by atoms with Gasteiger partial charge in [-0.15, -0.1) is 12.6 Å². The Bertz CT molecular complexity index is 700. The fraction of sp³-hybridized carbons (Fsp3) is 0.409. The first-order valence-corrected chi connectivity index (χ1v) is 8.88. The van der Waals surface area contributed by atoms with Crippen LogP contribution in [0.4, 0.5) is 0 Å². The maximum Gasteiger partial charge on any atom is 0.131 e. The lowest BCUT2D eigenvalue weighted by Crippen LogP contribution is -2.18. The average molecular weight is 341 g/mol. The molecule has 0 aromatic heterocycles. The van der Waals surface area contributed by atoms with Crippen molar-refractivity contribution in [2.75, 3.05) is 0 Å². The summed E-state index contributed by atoms with van der Waals surface area (Å²) in [6.45, 7) is 13.3. The van der Waals surface area contributed by atoms with Gasteiger partial charge in [0.25, 0.3) is 0 Å². The maximum absolute atomic E-state index is 11.9. The van der Waals surface area contributed by atoms with Crippen molar-refractivity contribution in [3.05, 3.63) is 64.7 Å². The van der Waals surface area contributed by atoms with Crippen LogP contribution in [0.25, 0.3) is 0 Å². The summed E-state index contributed by atoms with van der Waals surface area (Å²) in [7, 11) is 0. The largest absolute Gasteiger partial charge is 0.302 e. The first-order chi connectivity index (χ1) is 11.0. The second-order valence-electron chi connectivity index (χ2n) is 8.52. The van der Waals surface area contributed by atoms with Gasteiger partial charge in [0.1, 0.15) is 6.29 Å². The fourth-order valence-corrected chi connectivity index (χ4v) is 3.08. The van der Waals surface area contributed by atoms with E-state index in [-0.39, 0.29) is 16.7 Å². The van der Waals surface area contributed by atoms with Crippen LogP contribution < -0.4 is 0 Å². The van der Waals surface area contributed by atoms with Gasteiger partial charge in [-0.3, -0.25) is 0 Å². The van der Waals surface area contributed by atoms with Crippen LogP contribution in [0.15, 0.2) is 47.4 Å². The van der Waals surface area contributed by atoms with Gasteiger partial charge in [0.15, 0.2) is 0 Å². The Kier molecular flexibility index (Phi) is 5.29. The van der Waals surface area contributed by atoms with E-state index in [1.807, 2.05) is 24.3 Å². The number of rotatable bonds is 3. The first kappa shape index (κ1) is 18.8. The summed E-state index contributed by atoms with van der Waals surface area (Å²) in [4.78, 5) is 12.8. The van der Waals surface area contributed by atoms with Crippen LogP contribution in [0.1, 0.15) is 69.7 Å². The van der Waals surface area contributed by atoms with Crippen molar-refractivity contribution in [1.29, 1.82) is 0 Å². The molecule has 0 amide bonds. The van der Waals surface area contributed by atoms with Gasteiger partial charge in [-0.25, -0.2) is 0 Å². The molecule has 24 heavy (non-hydrogen) atoms. The molecule has 0 aliphatic rings. The lowest BCUT2D eigenvalue weighted by atomic mass is 9.77. The van der Waals surface area contributed by atoms with Crippen molar-refractivity contribution >= 4 is 18.9 Å². The topological polar surface area (TPSA) is 17.1 Å². The summed E-state index contributed by atoms with van der Waals surface area (Å²) in [6.07, 6.45) is 1.03. The third kappa shape index (κ3) is 4.10. The molecule has 0 aliphatic carbocycles. The van der Waals surface area contributed by atoms with Gasteiger partial charge in [-0.1, -0.05) is 77.9 Å². The number of benzene rings is 2. The number of aldehydes is 1. The normalized spacial score (nSPS) is 13.6. The molecule has 0 spiro atoms. The predicted octanol–water partition coefficient (Wildman–Crippen LogP) is 5.90. The molecule has 0 bridgehead atoms. The van der Waals surface area contributed by atoms with E-state index in [2.05, 4.69) is 72.4 Å². The second-order valence-corrected chi connectivity index (χ2v) is 9.00. The number of hydrogen-bond acceptors (Lipinski definition) is 2. The van der Waals surface area contributed by atoms with Crippen molar-refractivity contribution in [2.24, 2.45) is 0 Å². The Morgan fingerprint density at radius 1 is 0.875 bits per heavy atom. The summed E-state index contributed by atoms with van der Waals surface area (Å²) in [5.41, 5.74) is 4.58. The zero-order valence-electron chi connectivity index (χ0n) is 15.6. The molecule has 0 saturated carbocycles. The summed E-state index contributed by atoms with van der Waals surface area (Å²) in [5.74, 6) is -0.290. The SMILES string of the molecule is CC(C)(C)c1cc(C(C=O)c2ccccc2S)cc(C(C)(C)C)c1. The molecule has 0 heterocycles. The molecule has 2 heteroatoms. The van der Waals surface area contributed by atoms with E-state index >= 15 is 0 Å². The molecular formula is C22H28OS. The highest BCUT2D eigenvalue weighted by molar-refractivity contribution is 7.80. The molecule has 0 fully saturated rings. The molecule has 0 radical (unpaired) electrons. The molecule has 1 unspecified atom stereocenters. The molecule has 2 rings (SSSR count).